The van der Waals surface area contributed by atoms with Crippen molar-refractivity contribution >= 4 is 5.91 Å². The molecular formula is C15H16FNO4. The van der Waals surface area contributed by atoms with Gasteiger partial charge in [0.2, 0.25) is 0 Å². The summed E-state index contributed by atoms with van der Waals surface area (Å²) in [5.41, 5.74) is 0.468. The molecule has 0 bridgehead atoms. The number of hydrogen-bond acceptors (Lipinski definition) is 4. The van der Waals surface area contributed by atoms with Gasteiger partial charge in [-0.3, -0.25) is 4.79 Å². The molecule has 112 valence electrons. The van der Waals surface area contributed by atoms with Crippen molar-refractivity contribution in [2.24, 2.45) is 0 Å². The molecule has 1 aromatic rings. The number of nitrogens with zero attached hydrogens (tertiary/aromatic N) is 1. The molecule has 6 heteroatoms. The van der Waals surface area contributed by atoms with Gasteiger partial charge >= 0.3 is 0 Å². The van der Waals surface area contributed by atoms with Crippen LogP contribution in [0, 0.1) is 17.7 Å². The van der Waals surface area contributed by atoms with E-state index in [2.05, 4.69) is 11.8 Å². The first-order valence-corrected chi connectivity index (χ1v) is 6.56. The molecule has 0 aliphatic carbocycles. The van der Waals surface area contributed by atoms with Crippen LogP contribution in [0.3, 0.4) is 0 Å². The van der Waals surface area contributed by atoms with Gasteiger partial charge in [-0.15, -0.1) is 0 Å². The molecule has 1 atom stereocenters. The lowest BCUT2D eigenvalue weighted by Crippen LogP contribution is -2.50. The highest BCUT2D eigenvalue weighted by Gasteiger charge is 2.28. The minimum atomic E-state index is -0.540. The Hall–Kier alpha value is -1.94. The normalized spacial score (nSPS) is 18.0. The van der Waals surface area contributed by atoms with Gasteiger partial charge in [0.05, 0.1) is 31.4 Å². The van der Waals surface area contributed by atoms with E-state index in [0.29, 0.717) is 18.7 Å². The first-order chi connectivity index (χ1) is 10.2. The molecule has 0 radical (unpaired) electrons. The molecule has 1 aliphatic heterocycles. The zero-order valence-electron chi connectivity index (χ0n) is 11.4. The number of halogens is 1. The fourth-order valence-electron chi connectivity index (χ4n) is 2.17. The molecule has 1 aliphatic rings. The number of ether oxygens (including phenoxy) is 1. The van der Waals surface area contributed by atoms with Gasteiger partial charge in [0.15, 0.2) is 0 Å². The maximum Gasteiger partial charge on any atom is 0.255 e. The summed E-state index contributed by atoms with van der Waals surface area (Å²) in [4.78, 5) is 14.0. The van der Waals surface area contributed by atoms with E-state index in [0.717, 1.165) is 6.07 Å². The Morgan fingerprint density at radius 1 is 1.48 bits per heavy atom. The summed E-state index contributed by atoms with van der Waals surface area (Å²) in [6, 6.07) is 3.28. The summed E-state index contributed by atoms with van der Waals surface area (Å²) >= 11 is 0. The molecule has 5 nitrogen and oxygen atoms in total. The van der Waals surface area contributed by atoms with Crippen LogP contribution in [-0.2, 0) is 4.74 Å². The lowest BCUT2D eigenvalue weighted by molar-refractivity contribution is -0.0184. The Bertz CT molecular complexity index is 579. The van der Waals surface area contributed by atoms with Crippen LogP contribution in [0.25, 0.3) is 0 Å². The molecule has 1 unspecified atom stereocenters. The fraction of sp³-hybridized carbons (Fsp3) is 0.400. The van der Waals surface area contributed by atoms with Crippen LogP contribution < -0.4 is 0 Å². The Morgan fingerprint density at radius 2 is 2.29 bits per heavy atom. The highest BCUT2D eigenvalue weighted by Crippen LogP contribution is 2.17. The molecule has 1 aromatic carbocycles. The van der Waals surface area contributed by atoms with E-state index in [1.807, 2.05) is 0 Å². The van der Waals surface area contributed by atoms with Gasteiger partial charge in [-0.2, -0.15) is 0 Å². The van der Waals surface area contributed by atoms with Gasteiger partial charge in [0.25, 0.3) is 5.91 Å². The lowest BCUT2D eigenvalue weighted by atomic mass is 10.0. The van der Waals surface area contributed by atoms with Crippen LogP contribution in [0.5, 0.6) is 0 Å². The molecule has 21 heavy (non-hydrogen) atoms. The second-order valence-corrected chi connectivity index (χ2v) is 4.56. The molecule has 0 spiro atoms. The quantitative estimate of drug-likeness (QED) is 0.753. The number of amides is 1. The zero-order chi connectivity index (χ0) is 15.2. The van der Waals surface area contributed by atoms with E-state index >= 15 is 0 Å². The molecule has 2 N–H and O–H groups in total. The molecule has 0 saturated carbocycles. The zero-order valence-corrected chi connectivity index (χ0v) is 11.4. The third kappa shape index (κ3) is 3.58. The Kier molecular flexibility index (Phi) is 5.28. The maximum atomic E-state index is 13.4. The predicted molar refractivity (Wildman–Crippen MR) is 73.1 cm³/mol. The predicted octanol–water partition coefficient (Wildman–Crippen LogP) is 0.00280. The highest BCUT2D eigenvalue weighted by molar-refractivity contribution is 5.97. The van der Waals surface area contributed by atoms with Crippen LogP contribution >= 0.6 is 0 Å². The maximum absolute atomic E-state index is 13.4. The lowest BCUT2D eigenvalue weighted by Gasteiger charge is -2.34. The van der Waals surface area contributed by atoms with Crippen LogP contribution in [0.2, 0.25) is 0 Å². The second-order valence-electron chi connectivity index (χ2n) is 4.56. The van der Waals surface area contributed by atoms with Crippen LogP contribution in [0.4, 0.5) is 4.39 Å². The Morgan fingerprint density at radius 3 is 3.00 bits per heavy atom. The van der Waals surface area contributed by atoms with Gasteiger partial charge in [-0.25, -0.2) is 4.39 Å². The van der Waals surface area contributed by atoms with Crippen molar-refractivity contribution in [2.75, 3.05) is 33.0 Å². The fourth-order valence-corrected chi connectivity index (χ4v) is 2.17. The SMILES string of the molecule is O=C(c1cc(F)ccc1C#CCO)N1CCOCC1CO. The van der Waals surface area contributed by atoms with E-state index < -0.39 is 17.8 Å². The van der Waals surface area contributed by atoms with Crippen LogP contribution in [0.15, 0.2) is 18.2 Å². The van der Waals surface area contributed by atoms with Gasteiger partial charge in [-0.1, -0.05) is 11.8 Å². The van der Waals surface area contributed by atoms with Crippen molar-refractivity contribution in [1.29, 1.82) is 0 Å². The largest absolute Gasteiger partial charge is 0.394 e. The van der Waals surface area contributed by atoms with Crippen molar-refractivity contribution in [3.63, 3.8) is 0 Å². The van der Waals surface area contributed by atoms with Gasteiger partial charge in [0, 0.05) is 12.1 Å². The van der Waals surface area contributed by atoms with E-state index in [1.54, 1.807) is 0 Å². The van der Waals surface area contributed by atoms with Crippen molar-refractivity contribution < 1.29 is 24.1 Å². The number of hydrogen-bond donors (Lipinski definition) is 2. The van der Waals surface area contributed by atoms with Gasteiger partial charge in [-0.05, 0) is 18.2 Å². The van der Waals surface area contributed by atoms with Crippen LogP contribution in [-0.4, -0.2) is 60.0 Å². The van der Waals surface area contributed by atoms with Crippen molar-refractivity contribution in [3.8, 4) is 11.8 Å². The third-order valence-electron chi connectivity index (χ3n) is 3.21. The van der Waals surface area contributed by atoms with E-state index in [-0.39, 0.29) is 25.4 Å². The van der Waals surface area contributed by atoms with Crippen molar-refractivity contribution in [1.82, 2.24) is 4.90 Å². The standard InChI is InChI=1S/C15H16FNO4/c16-12-4-3-11(2-1-6-18)14(8-12)15(20)17-5-7-21-10-13(17)9-19/h3-4,8,13,18-19H,5-7,9-10H2. The average Bonchev–Trinajstić information content (AvgIpc) is 2.53. The van der Waals surface area contributed by atoms with Gasteiger partial charge < -0.3 is 19.8 Å². The molecular weight excluding hydrogens is 277 g/mol. The minimum Gasteiger partial charge on any atom is -0.394 e. The molecule has 1 amide bonds. The first kappa shape index (κ1) is 15.4. The number of rotatable bonds is 2. The number of carbonyl (C=O) groups is 1. The average molecular weight is 293 g/mol. The van der Waals surface area contributed by atoms with E-state index in [1.165, 1.54) is 17.0 Å². The summed E-state index contributed by atoms with van der Waals surface area (Å²) in [5.74, 6) is 4.14. The number of aliphatic hydroxyl groups excluding tert-OH is 2. The Labute approximate surface area is 121 Å². The van der Waals surface area contributed by atoms with Crippen molar-refractivity contribution in [2.45, 2.75) is 6.04 Å². The van der Waals surface area contributed by atoms with Gasteiger partial charge in [0.1, 0.15) is 12.4 Å². The molecule has 2 rings (SSSR count). The molecule has 1 fully saturated rings. The molecule has 0 aromatic heterocycles. The molecule has 1 saturated heterocycles. The smallest absolute Gasteiger partial charge is 0.255 e. The Balaban J connectivity index is 2.35. The molecule has 1 heterocycles. The number of morpholine rings is 1. The topological polar surface area (TPSA) is 70.0 Å². The minimum absolute atomic E-state index is 0.122. The number of benzene rings is 1. The summed E-state index contributed by atoms with van der Waals surface area (Å²) in [6.45, 7) is 0.373. The monoisotopic (exact) mass is 293 g/mol. The van der Waals surface area contributed by atoms with Crippen LogP contribution in [0.1, 0.15) is 15.9 Å². The van der Waals surface area contributed by atoms with E-state index in [4.69, 9.17) is 9.84 Å². The summed E-state index contributed by atoms with van der Waals surface area (Å²) in [5, 5.41) is 18.1. The second kappa shape index (κ2) is 7.18. The third-order valence-corrected chi connectivity index (χ3v) is 3.21. The number of aliphatic hydroxyl groups is 2. The summed E-state index contributed by atoms with van der Waals surface area (Å²) < 4.78 is 18.7. The van der Waals surface area contributed by atoms with E-state index in [9.17, 15) is 14.3 Å². The summed E-state index contributed by atoms with van der Waals surface area (Å²) in [6.07, 6.45) is 0. The first-order valence-electron chi connectivity index (χ1n) is 6.56. The summed E-state index contributed by atoms with van der Waals surface area (Å²) in [7, 11) is 0. The van der Waals surface area contributed by atoms with Crippen molar-refractivity contribution in [3.05, 3.63) is 35.1 Å². The highest BCUT2D eigenvalue weighted by atomic mass is 19.1. The number of carbonyl (C=O) groups excluding carboxylic acids is 1.